The topological polar surface area (TPSA) is 29.1 Å². The molecule has 3 rings (SSSR count). The fourth-order valence-electron chi connectivity index (χ4n) is 3.37. The van der Waals surface area contributed by atoms with Gasteiger partial charge >= 0.3 is 0 Å². The van der Waals surface area contributed by atoms with Gasteiger partial charge in [-0.05, 0) is 36.1 Å². The minimum atomic E-state index is -0.0210. The van der Waals surface area contributed by atoms with Crippen LogP contribution in [0.25, 0.3) is 0 Å². The van der Waals surface area contributed by atoms with Crippen LogP contribution in [-0.2, 0) is 10.2 Å². The van der Waals surface area contributed by atoms with E-state index in [0.717, 1.165) is 29.8 Å². The fraction of sp³-hybridized carbons (Fsp3) is 0.278. The van der Waals surface area contributed by atoms with Crippen LogP contribution in [0.1, 0.15) is 36.4 Å². The van der Waals surface area contributed by atoms with Gasteiger partial charge in [0.05, 0.1) is 6.04 Å². The molecular formula is C18H18ClNO. The molecule has 108 valence electrons. The van der Waals surface area contributed by atoms with Crippen molar-refractivity contribution in [1.29, 1.82) is 0 Å². The zero-order chi connectivity index (χ0) is 14.7. The van der Waals surface area contributed by atoms with Crippen molar-refractivity contribution in [3.05, 3.63) is 70.7 Å². The lowest BCUT2D eigenvalue weighted by Gasteiger charge is -2.48. The van der Waals surface area contributed by atoms with Gasteiger partial charge in [0.2, 0.25) is 6.41 Å². The van der Waals surface area contributed by atoms with Crippen molar-refractivity contribution in [2.24, 2.45) is 0 Å². The maximum atomic E-state index is 11.1. The third-order valence-electron chi connectivity index (χ3n) is 4.59. The molecule has 2 aromatic rings. The first-order chi connectivity index (χ1) is 10.3. The first kappa shape index (κ1) is 14.2. The summed E-state index contributed by atoms with van der Waals surface area (Å²) in [5.41, 5.74) is 2.38. The van der Waals surface area contributed by atoms with E-state index in [1.54, 1.807) is 0 Å². The largest absolute Gasteiger partial charge is 0.351 e. The summed E-state index contributed by atoms with van der Waals surface area (Å²) in [6, 6.07) is 18.2. The third kappa shape index (κ3) is 2.56. The van der Waals surface area contributed by atoms with Crippen LogP contribution >= 0.6 is 11.6 Å². The number of amides is 1. The maximum absolute atomic E-state index is 11.1. The second kappa shape index (κ2) is 5.90. The van der Waals surface area contributed by atoms with Crippen molar-refractivity contribution in [3.63, 3.8) is 0 Å². The molecule has 1 unspecified atom stereocenters. The molecule has 0 bridgehead atoms. The summed E-state index contributed by atoms with van der Waals surface area (Å²) in [6.07, 6.45) is 4.16. The van der Waals surface area contributed by atoms with Crippen LogP contribution in [0.3, 0.4) is 0 Å². The van der Waals surface area contributed by atoms with Crippen LogP contribution < -0.4 is 5.32 Å². The average molecular weight is 300 g/mol. The lowest BCUT2D eigenvalue weighted by molar-refractivity contribution is -0.111. The highest BCUT2D eigenvalue weighted by Crippen LogP contribution is 2.52. The minimum Gasteiger partial charge on any atom is -0.351 e. The quantitative estimate of drug-likeness (QED) is 0.822. The predicted molar refractivity (Wildman–Crippen MR) is 85.4 cm³/mol. The SMILES string of the molecule is O=CNC(c1ccccc1)C1(c2ccc(Cl)cc2)CCC1. The standard InChI is InChI=1S/C18H18ClNO/c19-16-9-7-15(8-10-16)18(11-4-12-18)17(20-13-21)14-5-2-1-3-6-14/h1-3,5-10,13,17H,4,11-12H2,(H,20,21). The van der Waals surface area contributed by atoms with Crippen molar-refractivity contribution in [1.82, 2.24) is 5.32 Å². The second-order valence-corrected chi connectivity index (χ2v) is 6.08. The molecule has 3 heteroatoms. The Morgan fingerprint density at radius 2 is 1.71 bits per heavy atom. The molecular weight excluding hydrogens is 282 g/mol. The Balaban J connectivity index is 2.03. The Kier molecular flexibility index (Phi) is 3.98. The van der Waals surface area contributed by atoms with Crippen LogP contribution in [0, 0.1) is 0 Å². The highest BCUT2D eigenvalue weighted by molar-refractivity contribution is 6.30. The van der Waals surface area contributed by atoms with E-state index in [1.807, 2.05) is 30.3 Å². The molecule has 0 aliphatic heterocycles. The van der Waals surface area contributed by atoms with Gasteiger partial charge in [0.1, 0.15) is 0 Å². The lowest BCUT2D eigenvalue weighted by atomic mass is 9.59. The molecule has 1 aliphatic carbocycles. The highest BCUT2D eigenvalue weighted by Gasteiger charge is 2.46. The van der Waals surface area contributed by atoms with E-state index in [-0.39, 0.29) is 11.5 Å². The second-order valence-electron chi connectivity index (χ2n) is 5.64. The molecule has 0 aromatic heterocycles. The van der Waals surface area contributed by atoms with Gasteiger partial charge in [-0.15, -0.1) is 0 Å². The Morgan fingerprint density at radius 1 is 1.05 bits per heavy atom. The molecule has 0 spiro atoms. The zero-order valence-corrected chi connectivity index (χ0v) is 12.5. The van der Waals surface area contributed by atoms with Crippen molar-refractivity contribution >= 4 is 18.0 Å². The van der Waals surface area contributed by atoms with Crippen molar-refractivity contribution in [2.45, 2.75) is 30.7 Å². The molecule has 2 aromatic carbocycles. The molecule has 1 amide bonds. The molecule has 1 aliphatic rings. The summed E-state index contributed by atoms with van der Waals surface area (Å²) < 4.78 is 0. The smallest absolute Gasteiger partial charge is 0.207 e. The molecule has 0 saturated heterocycles. The van der Waals surface area contributed by atoms with E-state index >= 15 is 0 Å². The van der Waals surface area contributed by atoms with Crippen molar-refractivity contribution < 1.29 is 4.79 Å². The Hall–Kier alpha value is -1.80. The van der Waals surface area contributed by atoms with Gasteiger partial charge in [-0.2, -0.15) is 0 Å². The van der Waals surface area contributed by atoms with E-state index in [2.05, 4.69) is 29.6 Å². The normalized spacial score (nSPS) is 17.6. The molecule has 1 N–H and O–H groups in total. The summed E-state index contributed by atoms with van der Waals surface area (Å²) >= 11 is 6.01. The van der Waals surface area contributed by atoms with Gasteiger partial charge in [0.25, 0.3) is 0 Å². The number of hydrogen-bond acceptors (Lipinski definition) is 1. The van der Waals surface area contributed by atoms with Gasteiger partial charge in [0, 0.05) is 10.4 Å². The van der Waals surface area contributed by atoms with E-state index in [1.165, 1.54) is 12.0 Å². The van der Waals surface area contributed by atoms with Gasteiger partial charge in [-0.25, -0.2) is 0 Å². The van der Waals surface area contributed by atoms with Crippen LogP contribution in [0.15, 0.2) is 54.6 Å². The Bertz CT molecular complexity index is 605. The Labute approximate surface area is 130 Å². The number of benzene rings is 2. The van der Waals surface area contributed by atoms with Crippen LogP contribution in [-0.4, -0.2) is 6.41 Å². The number of hydrogen-bond donors (Lipinski definition) is 1. The van der Waals surface area contributed by atoms with Crippen LogP contribution in [0.4, 0.5) is 0 Å². The molecule has 21 heavy (non-hydrogen) atoms. The molecule has 1 fully saturated rings. The fourth-order valence-corrected chi connectivity index (χ4v) is 3.50. The first-order valence-electron chi connectivity index (χ1n) is 7.27. The van der Waals surface area contributed by atoms with E-state index in [9.17, 15) is 4.79 Å². The minimum absolute atomic E-state index is 0.00567. The van der Waals surface area contributed by atoms with Crippen molar-refractivity contribution in [3.8, 4) is 0 Å². The van der Waals surface area contributed by atoms with E-state index in [4.69, 9.17) is 11.6 Å². The molecule has 0 radical (unpaired) electrons. The van der Waals surface area contributed by atoms with E-state index < -0.39 is 0 Å². The maximum Gasteiger partial charge on any atom is 0.207 e. The Morgan fingerprint density at radius 3 is 2.24 bits per heavy atom. The van der Waals surface area contributed by atoms with Crippen LogP contribution in [0.2, 0.25) is 5.02 Å². The summed E-state index contributed by atoms with van der Waals surface area (Å²) in [5.74, 6) is 0. The van der Waals surface area contributed by atoms with Crippen LogP contribution in [0.5, 0.6) is 0 Å². The van der Waals surface area contributed by atoms with Gasteiger partial charge in [-0.1, -0.05) is 60.5 Å². The molecule has 0 heterocycles. The van der Waals surface area contributed by atoms with E-state index in [0.29, 0.717) is 0 Å². The number of nitrogens with one attached hydrogen (secondary N) is 1. The third-order valence-corrected chi connectivity index (χ3v) is 4.84. The number of rotatable bonds is 5. The summed E-state index contributed by atoms with van der Waals surface area (Å²) in [7, 11) is 0. The lowest BCUT2D eigenvalue weighted by Crippen LogP contribution is -2.46. The highest BCUT2D eigenvalue weighted by atomic mass is 35.5. The van der Waals surface area contributed by atoms with Crippen molar-refractivity contribution in [2.75, 3.05) is 0 Å². The summed E-state index contributed by atoms with van der Waals surface area (Å²) in [6.45, 7) is 0. The zero-order valence-electron chi connectivity index (χ0n) is 11.8. The average Bonchev–Trinajstić information content (AvgIpc) is 2.48. The molecule has 1 atom stereocenters. The number of carbonyl (C=O) groups excluding carboxylic acids is 1. The van der Waals surface area contributed by atoms with Gasteiger partial charge in [-0.3, -0.25) is 4.79 Å². The monoisotopic (exact) mass is 299 g/mol. The van der Waals surface area contributed by atoms with Gasteiger partial charge < -0.3 is 5.32 Å². The summed E-state index contributed by atoms with van der Waals surface area (Å²) in [4.78, 5) is 11.1. The number of carbonyl (C=O) groups is 1. The van der Waals surface area contributed by atoms with Gasteiger partial charge in [0.15, 0.2) is 0 Å². The first-order valence-corrected chi connectivity index (χ1v) is 7.65. The summed E-state index contributed by atoms with van der Waals surface area (Å²) in [5, 5.41) is 3.78. The predicted octanol–water partition coefficient (Wildman–Crippen LogP) is 4.25. The molecule has 1 saturated carbocycles. The molecule has 2 nitrogen and oxygen atoms in total. The number of halogens is 1.